The number of guanidine groups is 1. The fourth-order valence-corrected chi connectivity index (χ4v) is 4.54. The highest BCUT2D eigenvalue weighted by Gasteiger charge is 2.25. The van der Waals surface area contributed by atoms with Crippen LogP contribution in [0.15, 0.2) is 17.1 Å². The van der Waals surface area contributed by atoms with Crippen molar-refractivity contribution < 1.29 is 9.47 Å². The predicted molar refractivity (Wildman–Crippen MR) is 147 cm³/mol. The number of aliphatic imine (C=N–C) groups is 1. The molecule has 2 aliphatic heterocycles. The van der Waals surface area contributed by atoms with Gasteiger partial charge in [-0.2, -0.15) is 0 Å². The van der Waals surface area contributed by atoms with Gasteiger partial charge in [0, 0.05) is 62.9 Å². The number of ether oxygens (including phenoxy) is 2. The number of hydrogen-bond donors (Lipinski definition) is 2. The van der Waals surface area contributed by atoms with Crippen LogP contribution in [0.3, 0.4) is 0 Å². The molecule has 0 amide bonds. The van der Waals surface area contributed by atoms with Crippen molar-refractivity contribution >= 4 is 29.9 Å². The van der Waals surface area contributed by atoms with Crippen LogP contribution in [-0.2, 0) is 13.0 Å². The summed E-state index contributed by atoms with van der Waals surface area (Å²) < 4.78 is 11.9. The molecule has 0 bridgehead atoms. The average molecular weight is 574 g/mol. The maximum absolute atomic E-state index is 5.97. The van der Waals surface area contributed by atoms with Gasteiger partial charge in [-0.3, -0.25) is 4.90 Å². The normalized spacial score (nSPS) is 20.1. The average Bonchev–Trinajstić information content (AvgIpc) is 3.12. The molecule has 3 rings (SSSR count). The van der Waals surface area contributed by atoms with Gasteiger partial charge < -0.3 is 25.0 Å². The Morgan fingerprint density at radius 1 is 1.18 bits per heavy atom. The first kappa shape index (κ1) is 28.0. The van der Waals surface area contributed by atoms with Crippen molar-refractivity contribution in [2.45, 2.75) is 59.7 Å². The van der Waals surface area contributed by atoms with E-state index >= 15 is 0 Å². The van der Waals surface area contributed by atoms with Crippen molar-refractivity contribution in [3.05, 3.63) is 23.3 Å². The molecular formula is C25H44IN5O2. The lowest BCUT2D eigenvalue weighted by Gasteiger charge is -2.40. The molecule has 0 aromatic heterocycles. The number of benzene rings is 1. The van der Waals surface area contributed by atoms with E-state index in [9.17, 15) is 0 Å². The van der Waals surface area contributed by atoms with Crippen molar-refractivity contribution in [1.82, 2.24) is 20.4 Å². The second kappa shape index (κ2) is 13.6. The number of nitrogens with one attached hydrogen (secondary N) is 2. The van der Waals surface area contributed by atoms with Crippen LogP contribution in [0.1, 0.15) is 45.7 Å². The van der Waals surface area contributed by atoms with Gasteiger partial charge in [-0.25, -0.2) is 4.99 Å². The first-order valence-corrected chi connectivity index (χ1v) is 12.3. The summed E-state index contributed by atoms with van der Waals surface area (Å²) in [5.74, 6) is 3.32. The Balaban J connectivity index is 0.00000385. The molecule has 1 fully saturated rings. The highest BCUT2D eigenvalue weighted by Crippen LogP contribution is 2.35. The highest BCUT2D eigenvalue weighted by atomic mass is 127. The van der Waals surface area contributed by atoms with E-state index in [1.807, 2.05) is 6.92 Å². The number of halogens is 1. The minimum Gasteiger partial charge on any atom is -0.494 e. The molecule has 0 aliphatic carbocycles. The number of fused-ring (bicyclic) bond motifs is 1. The second-order valence-electron chi connectivity index (χ2n) is 9.36. The van der Waals surface area contributed by atoms with Gasteiger partial charge in [0.2, 0.25) is 0 Å². The molecule has 2 atom stereocenters. The van der Waals surface area contributed by atoms with Gasteiger partial charge in [-0.05, 0) is 45.9 Å². The fourth-order valence-electron chi connectivity index (χ4n) is 4.54. The molecule has 8 heteroatoms. The third kappa shape index (κ3) is 7.89. The zero-order chi connectivity index (χ0) is 23.1. The number of rotatable bonds is 9. The minimum absolute atomic E-state index is 0. The molecule has 2 heterocycles. The molecule has 2 aliphatic rings. The molecule has 2 unspecified atom stereocenters. The van der Waals surface area contributed by atoms with Crippen LogP contribution in [0.25, 0.3) is 0 Å². The molecule has 0 radical (unpaired) electrons. The first-order valence-electron chi connectivity index (χ1n) is 12.3. The molecule has 188 valence electrons. The summed E-state index contributed by atoms with van der Waals surface area (Å²) in [7, 11) is 2.21. The SMILES string of the molecule is CCNC(=NCc1cc2c(cc1OCC)CC(C)O2)NCC(C(C)C)N1CCN(C)CC1.I. The molecule has 7 nitrogen and oxygen atoms in total. The van der Waals surface area contributed by atoms with E-state index in [1.165, 1.54) is 5.56 Å². The third-order valence-corrected chi connectivity index (χ3v) is 6.39. The predicted octanol–water partition coefficient (Wildman–Crippen LogP) is 3.35. The van der Waals surface area contributed by atoms with E-state index in [4.69, 9.17) is 14.5 Å². The van der Waals surface area contributed by atoms with Crippen LogP contribution in [0, 0.1) is 5.92 Å². The number of nitrogens with zero attached hydrogens (tertiary/aromatic N) is 3. The van der Waals surface area contributed by atoms with Gasteiger partial charge in [0.15, 0.2) is 5.96 Å². The summed E-state index contributed by atoms with van der Waals surface area (Å²) in [6.07, 6.45) is 1.16. The smallest absolute Gasteiger partial charge is 0.191 e. The Bertz CT molecular complexity index is 765. The summed E-state index contributed by atoms with van der Waals surface area (Å²) in [6, 6.07) is 4.73. The fraction of sp³-hybridized carbons (Fsp3) is 0.720. The zero-order valence-electron chi connectivity index (χ0n) is 21.3. The van der Waals surface area contributed by atoms with Crippen LogP contribution in [0.4, 0.5) is 0 Å². The summed E-state index contributed by atoms with van der Waals surface area (Å²) in [5.41, 5.74) is 2.29. The Labute approximate surface area is 217 Å². The largest absolute Gasteiger partial charge is 0.494 e. The number of hydrogen-bond acceptors (Lipinski definition) is 5. The number of likely N-dealkylation sites (N-methyl/N-ethyl adjacent to an activating group) is 1. The highest BCUT2D eigenvalue weighted by molar-refractivity contribution is 14.0. The van der Waals surface area contributed by atoms with Crippen LogP contribution < -0.4 is 20.1 Å². The lowest BCUT2D eigenvalue weighted by Crippen LogP contribution is -2.55. The van der Waals surface area contributed by atoms with E-state index in [2.05, 4.69) is 67.3 Å². The summed E-state index contributed by atoms with van der Waals surface area (Å²) in [6.45, 7) is 18.3. The van der Waals surface area contributed by atoms with E-state index in [0.29, 0.717) is 25.1 Å². The lowest BCUT2D eigenvalue weighted by atomic mass is 10.0. The third-order valence-electron chi connectivity index (χ3n) is 6.39. The van der Waals surface area contributed by atoms with E-state index in [1.54, 1.807) is 0 Å². The van der Waals surface area contributed by atoms with Gasteiger partial charge in [0.1, 0.15) is 17.6 Å². The van der Waals surface area contributed by atoms with Gasteiger partial charge in [-0.1, -0.05) is 13.8 Å². The topological polar surface area (TPSA) is 61.4 Å². The van der Waals surface area contributed by atoms with Gasteiger partial charge in [0.05, 0.1) is 13.2 Å². The standard InChI is InChI=1S/C25H43N5O2.HI/c1-7-26-25(28-17-22(18(3)4)30-11-9-29(6)10-12-30)27-16-21-15-24-20(13-19(5)32-24)14-23(21)31-8-2;/h14-15,18-19,22H,7-13,16-17H2,1-6H3,(H2,26,27,28);1H. The van der Waals surface area contributed by atoms with Crippen LogP contribution in [-0.4, -0.2) is 80.8 Å². The maximum Gasteiger partial charge on any atom is 0.191 e. The van der Waals surface area contributed by atoms with E-state index in [0.717, 1.165) is 68.7 Å². The maximum atomic E-state index is 5.97. The molecule has 0 saturated carbocycles. The Morgan fingerprint density at radius 3 is 2.55 bits per heavy atom. The monoisotopic (exact) mass is 573 g/mol. The lowest BCUT2D eigenvalue weighted by molar-refractivity contribution is 0.0900. The Morgan fingerprint density at radius 2 is 1.91 bits per heavy atom. The van der Waals surface area contributed by atoms with Crippen LogP contribution in [0.2, 0.25) is 0 Å². The van der Waals surface area contributed by atoms with Crippen molar-refractivity contribution in [2.75, 3.05) is 52.9 Å². The van der Waals surface area contributed by atoms with E-state index < -0.39 is 0 Å². The molecule has 1 saturated heterocycles. The minimum atomic E-state index is 0. The Hall–Kier alpha value is -1.26. The van der Waals surface area contributed by atoms with Crippen molar-refractivity contribution in [3.63, 3.8) is 0 Å². The molecule has 1 aromatic rings. The van der Waals surface area contributed by atoms with Crippen LogP contribution in [0.5, 0.6) is 11.5 Å². The summed E-state index contributed by atoms with van der Waals surface area (Å²) >= 11 is 0. The molecular weight excluding hydrogens is 529 g/mol. The van der Waals surface area contributed by atoms with Crippen molar-refractivity contribution in [2.24, 2.45) is 10.9 Å². The van der Waals surface area contributed by atoms with Crippen LogP contribution >= 0.6 is 24.0 Å². The van der Waals surface area contributed by atoms with Gasteiger partial charge in [-0.15, -0.1) is 24.0 Å². The Kier molecular flexibility index (Phi) is 11.5. The van der Waals surface area contributed by atoms with Crippen molar-refractivity contribution in [3.8, 4) is 11.5 Å². The first-order chi connectivity index (χ1) is 15.4. The molecule has 0 spiro atoms. The summed E-state index contributed by atoms with van der Waals surface area (Å²) in [5, 5.41) is 7.01. The van der Waals surface area contributed by atoms with Gasteiger partial charge in [0.25, 0.3) is 0 Å². The number of piperazine rings is 1. The molecule has 2 N–H and O–H groups in total. The second-order valence-corrected chi connectivity index (χ2v) is 9.36. The molecule has 1 aromatic carbocycles. The van der Waals surface area contributed by atoms with Gasteiger partial charge >= 0.3 is 0 Å². The zero-order valence-corrected chi connectivity index (χ0v) is 23.6. The van der Waals surface area contributed by atoms with E-state index in [-0.39, 0.29) is 30.1 Å². The van der Waals surface area contributed by atoms with Crippen molar-refractivity contribution in [1.29, 1.82) is 0 Å². The quantitative estimate of drug-likeness (QED) is 0.269. The molecule has 33 heavy (non-hydrogen) atoms. The summed E-state index contributed by atoms with van der Waals surface area (Å²) in [4.78, 5) is 9.92.